The van der Waals surface area contributed by atoms with Crippen LogP contribution < -0.4 is 0 Å². The molecule has 3 nitrogen and oxygen atoms in total. The molecule has 0 radical (unpaired) electrons. The molecule has 3 unspecified atom stereocenters. The van der Waals surface area contributed by atoms with Gasteiger partial charge in [0.05, 0.1) is 12.2 Å². The van der Waals surface area contributed by atoms with Crippen molar-refractivity contribution in [2.75, 3.05) is 19.7 Å². The van der Waals surface area contributed by atoms with E-state index in [1.807, 2.05) is 6.92 Å². The van der Waals surface area contributed by atoms with Crippen molar-refractivity contribution >= 4 is 0 Å². The van der Waals surface area contributed by atoms with Crippen molar-refractivity contribution < 1.29 is 9.84 Å². The van der Waals surface area contributed by atoms with Crippen molar-refractivity contribution in [1.82, 2.24) is 4.90 Å². The zero-order chi connectivity index (χ0) is 12.1. The predicted molar refractivity (Wildman–Crippen MR) is 69.1 cm³/mol. The second-order valence-electron chi connectivity index (χ2n) is 5.69. The van der Waals surface area contributed by atoms with Gasteiger partial charge in [-0.1, -0.05) is 6.42 Å². The molecule has 0 aromatic rings. The third-order valence-corrected chi connectivity index (χ3v) is 4.12. The summed E-state index contributed by atoms with van der Waals surface area (Å²) in [5.74, 6) is 0. The molecule has 0 aliphatic carbocycles. The minimum absolute atomic E-state index is 0.164. The van der Waals surface area contributed by atoms with Crippen molar-refractivity contribution in [1.29, 1.82) is 0 Å². The summed E-state index contributed by atoms with van der Waals surface area (Å²) in [5.41, 5.74) is 0. The highest BCUT2D eigenvalue weighted by Gasteiger charge is 2.25. The van der Waals surface area contributed by atoms with Crippen LogP contribution in [0, 0.1) is 0 Å². The lowest BCUT2D eigenvalue weighted by Gasteiger charge is -2.36. The largest absolute Gasteiger partial charge is 0.393 e. The van der Waals surface area contributed by atoms with E-state index in [0.717, 1.165) is 19.6 Å². The molecule has 0 spiro atoms. The van der Waals surface area contributed by atoms with Gasteiger partial charge in [0, 0.05) is 19.2 Å². The van der Waals surface area contributed by atoms with Gasteiger partial charge in [-0.05, 0) is 52.0 Å². The van der Waals surface area contributed by atoms with E-state index in [0.29, 0.717) is 12.1 Å². The van der Waals surface area contributed by atoms with Crippen molar-refractivity contribution in [2.45, 2.75) is 70.1 Å². The standard InChI is InChI=1S/C14H27NO2/c1-12(16)11-13-5-2-3-8-15(13)9-7-14-6-4-10-17-14/h12-14,16H,2-11H2,1H3. The Morgan fingerprint density at radius 2 is 2.18 bits per heavy atom. The van der Waals surface area contributed by atoms with E-state index in [1.54, 1.807) is 0 Å². The summed E-state index contributed by atoms with van der Waals surface area (Å²) in [5, 5.41) is 9.55. The third kappa shape index (κ3) is 4.23. The molecule has 3 heteroatoms. The molecule has 100 valence electrons. The lowest BCUT2D eigenvalue weighted by Crippen LogP contribution is -2.42. The fraction of sp³-hybridized carbons (Fsp3) is 1.00. The molecule has 0 bridgehead atoms. The van der Waals surface area contributed by atoms with Crippen LogP contribution in [0.1, 0.15) is 51.9 Å². The second-order valence-corrected chi connectivity index (χ2v) is 5.69. The summed E-state index contributed by atoms with van der Waals surface area (Å²) in [6.45, 7) is 5.24. The molecule has 0 amide bonds. The molecule has 0 saturated carbocycles. The van der Waals surface area contributed by atoms with Gasteiger partial charge in [0.1, 0.15) is 0 Å². The van der Waals surface area contributed by atoms with Crippen LogP contribution in [0.2, 0.25) is 0 Å². The topological polar surface area (TPSA) is 32.7 Å². The fourth-order valence-electron chi connectivity index (χ4n) is 3.20. The van der Waals surface area contributed by atoms with E-state index in [2.05, 4.69) is 4.90 Å². The van der Waals surface area contributed by atoms with E-state index < -0.39 is 0 Å². The average molecular weight is 241 g/mol. The molecule has 1 N–H and O–H groups in total. The summed E-state index contributed by atoms with van der Waals surface area (Å²) >= 11 is 0. The minimum Gasteiger partial charge on any atom is -0.393 e. The summed E-state index contributed by atoms with van der Waals surface area (Å²) in [6, 6.07) is 0.602. The maximum atomic E-state index is 9.55. The Balaban J connectivity index is 1.74. The van der Waals surface area contributed by atoms with Gasteiger partial charge in [0.15, 0.2) is 0 Å². The van der Waals surface area contributed by atoms with E-state index in [-0.39, 0.29) is 6.10 Å². The summed E-state index contributed by atoms with van der Waals surface area (Å²) < 4.78 is 5.68. The highest BCUT2D eigenvalue weighted by atomic mass is 16.5. The molecular weight excluding hydrogens is 214 g/mol. The number of aliphatic hydroxyl groups excluding tert-OH is 1. The van der Waals surface area contributed by atoms with Crippen molar-refractivity contribution in [3.8, 4) is 0 Å². The summed E-state index contributed by atoms with van der Waals surface area (Å²) in [6.07, 6.45) is 8.84. The van der Waals surface area contributed by atoms with Crippen molar-refractivity contribution in [3.63, 3.8) is 0 Å². The monoisotopic (exact) mass is 241 g/mol. The molecule has 2 saturated heterocycles. The molecule has 17 heavy (non-hydrogen) atoms. The van der Waals surface area contributed by atoms with Crippen LogP contribution in [0.5, 0.6) is 0 Å². The number of nitrogens with zero attached hydrogens (tertiary/aromatic N) is 1. The Hall–Kier alpha value is -0.120. The molecule has 2 rings (SSSR count). The van der Waals surface area contributed by atoms with E-state index in [4.69, 9.17) is 4.74 Å². The maximum absolute atomic E-state index is 9.55. The quantitative estimate of drug-likeness (QED) is 0.801. The Morgan fingerprint density at radius 3 is 2.88 bits per heavy atom. The zero-order valence-electron chi connectivity index (χ0n) is 11.1. The van der Waals surface area contributed by atoms with E-state index >= 15 is 0 Å². The summed E-state index contributed by atoms with van der Waals surface area (Å²) in [4.78, 5) is 2.58. The molecular formula is C14H27NO2. The van der Waals surface area contributed by atoms with Crippen LogP contribution in [0.4, 0.5) is 0 Å². The molecule has 2 heterocycles. The van der Waals surface area contributed by atoms with Gasteiger partial charge < -0.3 is 14.7 Å². The molecule has 3 atom stereocenters. The number of aliphatic hydroxyl groups is 1. The molecule has 2 aliphatic heterocycles. The molecule has 2 fully saturated rings. The van der Waals surface area contributed by atoms with Crippen molar-refractivity contribution in [3.05, 3.63) is 0 Å². The number of piperidine rings is 1. The van der Waals surface area contributed by atoms with Gasteiger partial charge in [0.2, 0.25) is 0 Å². The Bertz CT molecular complexity index is 214. The number of rotatable bonds is 5. The average Bonchev–Trinajstić information content (AvgIpc) is 2.80. The van der Waals surface area contributed by atoms with Gasteiger partial charge in [-0.3, -0.25) is 0 Å². The lowest BCUT2D eigenvalue weighted by atomic mass is 9.96. The first-order chi connectivity index (χ1) is 8.25. The van der Waals surface area contributed by atoms with Gasteiger partial charge in [-0.25, -0.2) is 0 Å². The minimum atomic E-state index is -0.164. The first-order valence-corrected chi connectivity index (χ1v) is 7.29. The van der Waals surface area contributed by atoms with Crippen LogP contribution >= 0.6 is 0 Å². The van der Waals surface area contributed by atoms with Crippen LogP contribution in [-0.2, 0) is 4.74 Å². The predicted octanol–water partition coefficient (Wildman–Crippen LogP) is 2.18. The van der Waals surface area contributed by atoms with Gasteiger partial charge in [-0.2, -0.15) is 0 Å². The summed E-state index contributed by atoms with van der Waals surface area (Å²) in [7, 11) is 0. The molecule has 0 aromatic carbocycles. The Morgan fingerprint density at radius 1 is 1.29 bits per heavy atom. The third-order valence-electron chi connectivity index (χ3n) is 4.12. The van der Waals surface area contributed by atoms with Crippen molar-refractivity contribution in [2.24, 2.45) is 0 Å². The van der Waals surface area contributed by atoms with Gasteiger partial charge in [0.25, 0.3) is 0 Å². The maximum Gasteiger partial charge on any atom is 0.0588 e. The van der Waals surface area contributed by atoms with Crippen LogP contribution in [0.15, 0.2) is 0 Å². The van der Waals surface area contributed by atoms with Gasteiger partial charge >= 0.3 is 0 Å². The first kappa shape index (κ1) is 13.3. The molecule has 2 aliphatic rings. The number of hydrogen-bond acceptors (Lipinski definition) is 3. The first-order valence-electron chi connectivity index (χ1n) is 7.29. The fourth-order valence-corrected chi connectivity index (χ4v) is 3.20. The normalized spacial score (nSPS) is 32.8. The SMILES string of the molecule is CC(O)CC1CCCCN1CCC1CCCO1. The van der Waals surface area contributed by atoms with E-state index in [1.165, 1.54) is 45.1 Å². The zero-order valence-corrected chi connectivity index (χ0v) is 11.1. The van der Waals surface area contributed by atoms with E-state index in [9.17, 15) is 5.11 Å². The van der Waals surface area contributed by atoms with Crippen LogP contribution in [-0.4, -0.2) is 48.0 Å². The second kappa shape index (κ2) is 6.72. The molecule has 0 aromatic heterocycles. The van der Waals surface area contributed by atoms with Crippen LogP contribution in [0.3, 0.4) is 0 Å². The highest BCUT2D eigenvalue weighted by Crippen LogP contribution is 2.23. The number of likely N-dealkylation sites (tertiary alicyclic amines) is 1. The van der Waals surface area contributed by atoms with Gasteiger partial charge in [-0.15, -0.1) is 0 Å². The smallest absolute Gasteiger partial charge is 0.0588 e. The lowest BCUT2D eigenvalue weighted by molar-refractivity contribution is 0.0580. The Labute approximate surface area is 105 Å². The Kier molecular flexibility index (Phi) is 5.26. The highest BCUT2D eigenvalue weighted by molar-refractivity contribution is 4.79. The van der Waals surface area contributed by atoms with Crippen LogP contribution in [0.25, 0.3) is 0 Å². The number of ether oxygens (including phenoxy) is 1. The number of hydrogen-bond donors (Lipinski definition) is 1.